The summed E-state index contributed by atoms with van der Waals surface area (Å²) in [6.07, 6.45) is 2.08. The van der Waals surface area contributed by atoms with Gasteiger partial charge >= 0.3 is 5.97 Å². The van der Waals surface area contributed by atoms with Crippen molar-refractivity contribution in [3.8, 4) is 0 Å². The molecule has 138 valence electrons. The van der Waals surface area contributed by atoms with Crippen LogP contribution in [-0.2, 0) is 11.3 Å². The van der Waals surface area contributed by atoms with Gasteiger partial charge in [0.15, 0.2) is 0 Å². The highest BCUT2D eigenvalue weighted by molar-refractivity contribution is 5.96. The molecule has 0 bridgehead atoms. The van der Waals surface area contributed by atoms with Crippen molar-refractivity contribution in [1.29, 1.82) is 0 Å². The third kappa shape index (κ3) is 3.11. The SMILES string of the molecule is Cc1c(C(=O)N2CCC(C(=O)O)(C(C)C)C2)cnn1Cc1ccccc1. The zero-order valence-electron chi connectivity index (χ0n) is 15.5. The van der Waals surface area contributed by atoms with Gasteiger partial charge in [0.2, 0.25) is 0 Å². The molecule has 2 heterocycles. The first-order chi connectivity index (χ1) is 12.3. The van der Waals surface area contributed by atoms with Gasteiger partial charge in [-0.2, -0.15) is 5.10 Å². The number of aromatic nitrogens is 2. The fraction of sp³-hybridized carbons (Fsp3) is 0.450. The first kappa shape index (κ1) is 18.2. The predicted octanol–water partition coefficient (Wildman–Crippen LogP) is 2.81. The lowest BCUT2D eigenvalue weighted by Crippen LogP contribution is -2.40. The maximum absolute atomic E-state index is 12.9. The van der Waals surface area contributed by atoms with E-state index >= 15 is 0 Å². The summed E-state index contributed by atoms with van der Waals surface area (Å²) in [7, 11) is 0. The van der Waals surface area contributed by atoms with E-state index in [4.69, 9.17) is 0 Å². The Bertz CT molecular complexity index is 813. The molecule has 1 atom stereocenters. The quantitative estimate of drug-likeness (QED) is 0.895. The highest BCUT2D eigenvalue weighted by atomic mass is 16.4. The van der Waals surface area contributed by atoms with Crippen LogP contribution in [0.25, 0.3) is 0 Å². The Morgan fingerprint density at radius 2 is 1.96 bits per heavy atom. The average Bonchev–Trinajstić information content (AvgIpc) is 3.21. The van der Waals surface area contributed by atoms with Gasteiger partial charge in [0.25, 0.3) is 5.91 Å². The number of nitrogens with zero attached hydrogens (tertiary/aromatic N) is 3. The molecule has 1 aliphatic heterocycles. The van der Waals surface area contributed by atoms with E-state index in [1.165, 1.54) is 0 Å². The summed E-state index contributed by atoms with van der Waals surface area (Å²) < 4.78 is 1.81. The van der Waals surface area contributed by atoms with Gasteiger partial charge in [-0.15, -0.1) is 0 Å². The molecule has 1 amide bonds. The minimum atomic E-state index is -0.858. The van der Waals surface area contributed by atoms with Crippen LogP contribution in [0.4, 0.5) is 0 Å². The Hall–Kier alpha value is -2.63. The number of hydrogen-bond acceptors (Lipinski definition) is 3. The van der Waals surface area contributed by atoms with Gasteiger partial charge in [-0.25, -0.2) is 0 Å². The molecule has 0 spiro atoms. The number of aliphatic carboxylic acids is 1. The van der Waals surface area contributed by atoms with Crippen molar-refractivity contribution in [3.63, 3.8) is 0 Å². The molecule has 0 radical (unpaired) electrons. The second-order valence-electron chi connectivity index (χ2n) is 7.38. The lowest BCUT2D eigenvalue weighted by molar-refractivity contribution is -0.150. The molecule has 1 N–H and O–H groups in total. The van der Waals surface area contributed by atoms with E-state index in [1.54, 1.807) is 11.1 Å². The van der Waals surface area contributed by atoms with Gasteiger partial charge in [-0.3, -0.25) is 14.3 Å². The van der Waals surface area contributed by atoms with Crippen LogP contribution in [0.5, 0.6) is 0 Å². The number of amides is 1. The minimum Gasteiger partial charge on any atom is -0.481 e. The third-order valence-electron chi connectivity index (χ3n) is 5.63. The van der Waals surface area contributed by atoms with Gasteiger partial charge in [-0.05, 0) is 24.8 Å². The third-order valence-corrected chi connectivity index (χ3v) is 5.63. The highest BCUT2D eigenvalue weighted by Gasteiger charge is 2.48. The summed E-state index contributed by atoms with van der Waals surface area (Å²) in [5.74, 6) is -0.982. The minimum absolute atomic E-state index is 0.0281. The van der Waals surface area contributed by atoms with E-state index < -0.39 is 11.4 Å². The smallest absolute Gasteiger partial charge is 0.311 e. The Morgan fingerprint density at radius 1 is 1.27 bits per heavy atom. The number of likely N-dealkylation sites (tertiary alicyclic amines) is 1. The summed E-state index contributed by atoms with van der Waals surface area (Å²) in [6.45, 7) is 7.02. The van der Waals surface area contributed by atoms with Crippen molar-refractivity contribution < 1.29 is 14.7 Å². The average molecular weight is 355 g/mol. The van der Waals surface area contributed by atoms with Crippen molar-refractivity contribution in [3.05, 3.63) is 53.3 Å². The van der Waals surface area contributed by atoms with Gasteiger partial charge in [0.1, 0.15) is 0 Å². The number of carboxylic acid groups (broad SMARTS) is 1. The Morgan fingerprint density at radius 3 is 2.54 bits per heavy atom. The summed E-state index contributed by atoms with van der Waals surface area (Å²) in [4.78, 5) is 26.4. The second kappa shape index (κ2) is 6.94. The molecule has 26 heavy (non-hydrogen) atoms. The molecule has 2 aromatic rings. The van der Waals surface area contributed by atoms with Crippen molar-refractivity contribution in [2.75, 3.05) is 13.1 Å². The summed E-state index contributed by atoms with van der Waals surface area (Å²) in [5.41, 5.74) is 1.61. The van der Waals surface area contributed by atoms with Gasteiger partial charge in [0, 0.05) is 18.8 Å². The number of hydrogen-bond donors (Lipinski definition) is 1. The summed E-state index contributed by atoms with van der Waals surface area (Å²) in [5, 5.41) is 14.0. The van der Waals surface area contributed by atoms with Crippen LogP contribution in [0.3, 0.4) is 0 Å². The summed E-state index contributed by atoms with van der Waals surface area (Å²) in [6, 6.07) is 9.95. The van der Waals surface area contributed by atoms with Gasteiger partial charge in [0.05, 0.1) is 23.7 Å². The normalized spacial score (nSPS) is 19.9. The Labute approximate surface area is 153 Å². The molecule has 1 aromatic heterocycles. The van der Waals surface area contributed by atoms with E-state index in [9.17, 15) is 14.7 Å². The molecule has 1 aliphatic rings. The second-order valence-corrected chi connectivity index (χ2v) is 7.38. The van der Waals surface area contributed by atoms with Crippen LogP contribution >= 0.6 is 0 Å². The van der Waals surface area contributed by atoms with E-state index in [0.717, 1.165) is 11.3 Å². The number of rotatable bonds is 5. The molecule has 0 saturated carbocycles. The first-order valence-electron chi connectivity index (χ1n) is 8.94. The van der Waals surface area contributed by atoms with Gasteiger partial charge in [-0.1, -0.05) is 44.2 Å². The standard InChI is InChI=1S/C20H25N3O3/c1-14(2)20(19(25)26)9-10-22(13-20)18(24)17-11-21-23(15(17)3)12-16-7-5-4-6-8-16/h4-8,11,14H,9-10,12-13H2,1-3H3,(H,25,26). The van der Waals surface area contributed by atoms with Crippen LogP contribution in [0, 0.1) is 18.3 Å². The largest absolute Gasteiger partial charge is 0.481 e. The van der Waals surface area contributed by atoms with Crippen molar-refractivity contribution in [2.45, 2.75) is 33.7 Å². The number of benzene rings is 1. The fourth-order valence-electron chi connectivity index (χ4n) is 3.64. The van der Waals surface area contributed by atoms with Crippen LogP contribution in [0.2, 0.25) is 0 Å². The predicted molar refractivity (Wildman–Crippen MR) is 97.9 cm³/mol. The molecule has 6 nitrogen and oxygen atoms in total. The number of carbonyl (C=O) groups excluding carboxylic acids is 1. The highest BCUT2D eigenvalue weighted by Crippen LogP contribution is 2.38. The maximum Gasteiger partial charge on any atom is 0.311 e. The molecule has 1 saturated heterocycles. The van der Waals surface area contributed by atoms with Crippen molar-refractivity contribution in [1.82, 2.24) is 14.7 Å². The summed E-state index contributed by atoms with van der Waals surface area (Å²) >= 11 is 0. The lowest BCUT2D eigenvalue weighted by atomic mass is 9.76. The molecule has 1 unspecified atom stereocenters. The number of carbonyl (C=O) groups is 2. The van der Waals surface area contributed by atoms with E-state index in [2.05, 4.69) is 5.10 Å². The fourth-order valence-corrected chi connectivity index (χ4v) is 3.64. The molecule has 0 aliphatic carbocycles. The zero-order chi connectivity index (χ0) is 18.9. The van der Waals surface area contributed by atoms with Crippen LogP contribution in [0.1, 0.15) is 41.9 Å². The van der Waals surface area contributed by atoms with Crippen LogP contribution in [0.15, 0.2) is 36.5 Å². The van der Waals surface area contributed by atoms with Crippen molar-refractivity contribution in [2.24, 2.45) is 11.3 Å². The van der Waals surface area contributed by atoms with Crippen molar-refractivity contribution >= 4 is 11.9 Å². The molecule has 3 rings (SSSR count). The number of carboxylic acids is 1. The van der Waals surface area contributed by atoms with E-state index in [0.29, 0.717) is 25.1 Å². The van der Waals surface area contributed by atoms with E-state index in [-0.39, 0.29) is 18.4 Å². The van der Waals surface area contributed by atoms with Crippen LogP contribution in [-0.4, -0.2) is 44.8 Å². The van der Waals surface area contributed by atoms with E-state index in [1.807, 2.05) is 55.8 Å². The van der Waals surface area contributed by atoms with Crippen LogP contribution < -0.4 is 0 Å². The lowest BCUT2D eigenvalue weighted by Gasteiger charge is -2.28. The molecule has 1 aromatic carbocycles. The molecule has 6 heteroatoms. The van der Waals surface area contributed by atoms with Gasteiger partial charge < -0.3 is 10.0 Å². The Kier molecular flexibility index (Phi) is 4.85. The maximum atomic E-state index is 12.9. The Balaban J connectivity index is 1.78. The zero-order valence-corrected chi connectivity index (χ0v) is 15.5. The molecular formula is C20H25N3O3. The monoisotopic (exact) mass is 355 g/mol. The first-order valence-corrected chi connectivity index (χ1v) is 8.94. The molecule has 1 fully saturated rings. The topological polar surface area (TPSA) is 75.4 Å². The molecular weight excluding hydrogens is 330 g/mol.